The Labute approximate surface area is 105 Å². The van der Waals surface area contributed by atoms with Crippen molar-refractivity contribution in [3.63, 3.8) is 0 Å². The summed E-state index contributed by atoms with van der Waals surface area (Å²) in [5, 5.41) is 8.67. The molecule has 4 nitrogen and oxygen atoms in total. The molecule has 0 radical (unpaired) electrons. The molecule has 0 aliphatic heterocycles. The van der Waals surface area contributed by atoms with Gasteiger partial charge in [-0.1, -0.05) is 6.07 Å². The van der Waals surface area contributed by atoms with E-state index in [-0.39, 0.29) is 0 Å². The molecule has 0 spiro atoms. The summed E-state index contributed by atoms with van der Waals surface area (Å²) in [7, 11) is 0. The van der Waals surface area contributed by atoms with Crippen molar-refractivity contribution in [3.8, 4) is 23.4 Å². The van der Waals surface area contributed by atoms with Gasteiger partial charge in [-0.05, 0) is 25.1 Å². The lowest BCUT2D eigenvalue weighted by Crippen LogP contribution is -1.92. The average Bonchev–Trinajstić information content (AvgIpc) is 2.40. The fraction of sp³-hybridized carbons (Fsp3) is 0.143. The molecule has 0 fully saturated rings. The Morgan fingerprint density at radius 2 is 2.06 bits per heavy atom. The van der Waals surface area contributed by atoms with Crippen molar-refractivity contribution < 1.29 is 9.47 Å². The van der Waals surface area contributed by atoms with Crippen LogP contribution in [0.15, 0.2) is 42.6 Å². The van der Waals surface area contributed by atoms with Crippen LogP contribution >= 0.6 is 0 Å². The molecule has 0 aliphatic carbocycles. The lowest BCUT2D eigenvalue weighted by atomic mass is 10.3. The SMILES string of the molecule is CCOc1cccc(Oc2ccc(C#N)cn2)c1. The number of nitrogens with zero attached hydrogens (tertiary/aromatic N) is 2. The maximum absolute atomic E-state index is 8.67. The molecule has 1 aromatic carbocycles. The highest BCUT2D eigenvalue weighted by Gasteiger charge is 2.01. The fourth-order valence-corrected chi connectivity index (χ4v) is 1.42. The van der Waals surface area contributed by atoms with Crippen molar-refractivity contribution in [1.29, 1.82) is 5.26 Å². The smallest absolute Gasteiger partial charge is 0.219 e. The van der Waals surface area contributed by atoms with Gasteiger partial charge in [-0.3, -0.25) is 0 Å². The molecular formula is C14H12N2O2. The lowest BCUT2D eigenvalue weighted by Gasteiger charge is -2.07. The van der Waals surface area contributed by atoms with E-state index in [1.165, 1.54) is 6.20 Å². The monoisotopic (exact) mass is 240 g/mol. The van der Waals surface area contributed by atoms with Gasteiger partial charge in [0.1, 0.15) is 17.6 Å². The molecule has 2 aromatic rings. The van der Waals surface area contributed by atoms with E-state index in [2.05, 4.69) is 4.98 Å². The predicted molar refractivity (Wildman–Crippen MR) is 66.6 cm³/mol. The van der Waals surface area contributed by atoms with Crippen molar-refractivity contribution in [3.05, 3.63) is 48.2 Å². The first-order valence-electron chi connectivity index (χ1n) is 5.58. The molecule has 90 valence electrons. The number of nitriles is 1. The van der Waals surface area contributed by atoms with Gasteiger partial charge in [0.05, 0.1) is 12.2 Å². The van der Waals surface area contributed by atoms with Crippen LogP contribution in [0.4, 0.5) is 0 Å². The Kier molecular flexibility index (Phi) is 3.77. The van der Waals surface area contributed by atoms with E-state index in [1.54, 1.807) is 18.2 Å². The standard InChI is InChI=1S/C14H12N2O2/c1-2-17-12-4-3-5-13(8-12)18-14-7-6-11(9-15)10-16-14/h3-8,10H,2H2,1H3. The third kappa shape index (κ3) is 2.98. The van der Waals surface area contributed by atoms with Crippen LogP contribution in [0, 0.1) is 11.3 Å². The summed E-state index contributed by atoms with van der Waals surface area (Å²) in [6.45, 7) is 2.54. The summed E-state index contributed by atoms with van der Waals surface area (Å²) in [5.74, 6) is 1.85. The quantitative estimate of drug-likeness (QED) is 0.823. The highest BCUT2D eigenvalue weighted by molar-refractivity contribution is 5.36. The predicted octanol–water partition coefficient (Wildman–Crippen LogP) is 3.14. The summed E-state index contributed by atoms with van der Waals surface area (Å²) in [5.41, 5.74) is 0.505. The maximum atomic E-state index is 8.67. The minimum atomic E-state index is 0.447. The lowest BCUT2D eigenvalue weighted by molar-refractivity contribution is 0.338. The Morgan fingerprint density at radius 1 is 1.22 bits per heavy atom. The van der Waals surface area contributed by atoms with Crippen molar-refractivity contribution in [2.75, 3.05) is 6.61 Å². The Morgan fingerprint density at radius 3 is 2.72 bits per heavy atom. The van der Waals surface area contributed by atoms with Gasteiger partial charge in [-0.15, -0.1) is 0 Å². The first-order chi connectivity index (χ1) is 8.81. The van der Waals surface area contributed by atoms with E-state index in [4.69, 9.17) is 14.7 Å². The summed E-state index contributed by atoms with van der Waals surface area (Å²) in [6, 6.07) is 12.7. The van der Waals surface area contributed by atoms with E-state index in [0.29, 0.717) is 23.8 Å². The third-order valence-electron chi connectivity index (χ3n) is 2.20. The molecule has 0 saturated heterocycles. The van der Waals surface area contributed by atoms with Gasteiger partial charge >= 0.3 is 0 Å². The van der Waals surface area contributed by atoms with Crippen LogP contribution in [0.1, 0.15) is 12.5 Å². The van der Waals surface area contributed by atoms with Crippen molar-refractivity contribution >= 4 is 0 Å². The molecule has 0 unspecified atom stereocenters. The molecule has 18 heavy (non-hydrogen) atoms. The summed E-state index contributed by atoms with van der Waals surface area (Å²) >= 11 is 0. The number of hydrogen-bond donors (Lipinski definition) is 0. The van der Waals surface area contributed by atoms with Crippen LogP contribution in [-0.4, -0.2) is 11.6 Å². The highest BCUT2D eigenvalue weighted by atomic mass is 16.5. The maximum Gasteiger partial charge on any atom is 0.219 e. The molecule has 0 bridgehead atoms. The van der Waals surface area contributed by atoms with Gasteiger partial charge in [-0.25, -0.2) is 4.98 Å². The first kappa shape index (κ1) is 11.9. The average molecular weight is 240 g/mol. The van der Waals surface area contributed by atoms with Crippen LogP contribution in [0.25, 0.3) is 0 Å². The molecule has 4 heteroatoms. The van der Waals surface area contributed by atoms with Gasteiger partial charge in [0.2, 0.25) is 5.88 Å². The van der Waals surface area contributed by atoms with Gasteiger partial charge < -0.3 is 9.47 Å². The molecule has 0 saturated carbocycles. The van der Waals surface area contributed by atoms with Gasteiger partial charge in [0, 0.05) is 18.3 Å². The highest BCUT2D eigenvalue weighted by Crippen LogP contribution is 2.23. The van der Waals surface area contributed by atoms with E-state index in [9.17, 15) is 0 Å². The second-order valence-corrected chi connectivity index (χ2v) is 3.51. The Bertz CT molecular complexity index is 559. The minimum absolute atomic E-state index is 0.447. The Hall–Kier alpha value is -2.54. The van der Waals surface area contributed by atoms with Crippen molar-refractivity contribution in [2.24, 2.45) is 0 Å². The first-order valence-corrected chi connectivity index (χ1v) is 5.58. The van der Waals surface area contributed by atoms with Gasteiger partial charge in [-0.2, -0.15) is 5.26 Å². The summed E-state index contributed by atoms with van der Waals surface area (Å²) in [6.07, 6.45) is 1.47. The van der Waals surface area contributed by atoms with Crippen molar-refractivity contribution in [2.45, 2.75) is 6.92 Å². The van der Waals surface area contributed by atoms with Gasteiger partial charge in [0.15, 0.2) is 0 Å². The largest absolute Gasteiger partial charge is 0.494 e. The number of aromatic nitrogens is 1. The number of ether oxygens (including phenoxy) is 2. The zero-order valence-electron chi connectivity index (χ0n) is 9.96. The third-order valence-corrected chi connectivity index (χ3v) is 2.20. The number of hydrogen-bond acceptors (Lipinski definition) is 4. The molecule has 0 aliphatic rings. The zero-order valence-corrected chi connectivity index (χ0v) is 9.96. The van der Waals surface area contributed by atoms with Crippen molar-refractivity contribution in [1.82, 2.24) is 4.98 Å². The second-order valence-electron chi connectivity index (χ2n) is 3.51. The summed E-state index contributed by atoms with van der Waals surface area (Å²) in [4.78, 5) is 4.03. The van der Waals surface area contributed by atoms with Crippen LogP contribution in [0.5, 0.6) is 17.4 Å². The zero-order chi connectivity index (χ0) is 12.8. The second kappa shape index (κ2) is 5.69. The van der Waals surface area contributed by atoms with E-state index in [0.717, 1.165) is 5.75 Å². The number of benzene rings is 1. The molecular weight excluding hydrogens is 228 g/mol. The summed E-state index contributed by atoms with van der Waals surface area (Å²) < 4.78 is 10.9. The van der Waals surface area contributed by atoms with Crippen LogP contribution in [-0.2, 0) is 0 Å². The molecule has 0 amide bonds. The molecule has 0 atom stereocenters. The van der Waals surface area contributed by atoms with E-state index in [1.807, 2.05) is 31.2 Å². The van der Waals surface area contributed by atoms with Crippen LogP contribution in [0.3, 0.4) is 0 Å². The molecule has 0 N–H and O–H groups in total. The van der Waals surface area contributed by atoms with Crippen LogP contribution in [0.2, 0.25) is 0 Å². The van der Waals surface area contributed by atoms with E-state index >= 15 is 0 Å². The number of rotatable bonds is 4. The fourth-order valence-electron chi connectivity index (χ4n) is 1.42. The van der Waals surface area contributed by atoms with Crippen LogP contribution < -0.4 is 9.47 Å². The minimum Gasteiger partial charge on any atom is -0.494 e. The molecule has 1 heterocycles. The van der Waals surface area contributed by atoms with Gasteiger partial charge in [0.25, 0.3) is 0 Å². The number of pyridine rings is 1. The normalized spacial score (nSPS) is 9.56. The molecule has 2 rings (SSSR count). The molecule has 1 aromatic heterocycles. The topological polar surface area (TPSA) is 55.1 Å². The van der Waals surface area contributed by atoms with E-state index < -0.39 is 0 Å². The Balaban J connectivity index is 2.12.